The Bertz CT molecular complexity index is 199. The summed E-state index contributed by atoms with van der Waals surface area (Å²) in [6.07, 6.45) is 3.86. The molecule has 2 rings (SSSR count). The van der Waals surface area contributed by atoms with Gasteiger partial charge in [-0.3, -0.25) is 4.90 Å². The van der Waals surface area contributed by atoms with Crippen LogP contribution in [0.25, 0.3) is 0 Å². The van der Waals surface area contributed by atoms with E-state index in [4.69, 9.17) is 5.73 Å². The maximum absolute atomic E-state index is 6.25. The normalized spacial score (nSPS) is 40.6. The summed E-state index contributed by atoms with van der Waals surface area (Å²) in [7, 11) is 2.21. The van der Waals surface area contributed by atoms with Crippen LogP contribution in [0.4, 0.5) is 0 Å². The number of nitrogens with zero attached hydrogens (tertiary/aromatic N) is 2. The van der Waals surface area contributed by atoms with Gasteiger partial charge in [0.2, 0.25) is 0 Å². The molecular weight excluding hydrogens is 186 g/mol. The van der Waals surface area contributed by atoms with Crippen LogP contribution in [0, 0.1) is 5.92 Å². The molecule has 0 aromatic rings. The van der Waals surface area contributed by atoms with Crippen molar-refractivity contribution in [2.24, 2.45) is 11.7 Å². The largest absolute Gasteiger partial charge is 0.326 e. The lowest BCUT2D eigenvalue weighted by Crippen LogP contribution is -2.56. The van der Waals surface area contributed by atoms with E-state index in [0.29, 0.717) is 12.1 Å². The molecule has 1 saturated carbocycles. The van der Waals surface area contributed by atoms with E-state index in [1.54, 1.807) is 0 Å². The van der Waals surface area contributed by atoms with Gasteiger partial charge < -0.3 is 10.6 Å². The number of piperazine rings is 1. The third-order valence-corrected chi connectivity index (χ3v) is 4.14. The standard InChI is InChI=1S/C12H25N3/c1-10-3-4-11(13)12(9-10)15-7-5-14(2)6-8-15/h10-12H,3-9,13H2,1-2H3. The third-order valence-electron chi connectivity index (χ3n) is 4.14. The molecule has 3 unspecified atom stereocenters. The van der Waals surface area contributed by atoms with E-state index in [-0.39, 0.29) is 0 Å². The molecule has 3 atom stereocenters. The SMILES string of the molecule is CC1CCC(N)C(N2CCN(C)CC2)C1. The summed E-state index contributed by atoms with van der Waals surface area (Å²) in [5, 5.41) is 0. The van der Waals surface area contributed by atoms with Crippen LogP contribution in [0.15, 0.2) is 0 Å². The molecule has 0 radical (unpaired) electrons. The lowest BCUT2D eigenvalue weighted by Gasteiger charge is -2.44. The van der Waals surface area contributed by atoms with Gasteiger partial charge in [0.15, 0.2) is 0 Å². The Kier molecular flexibility index (Phi) is 3.65. The first-order valence-corrected chi connectivity index (χ1v) is 6.35. The highest BCUT2D eigenvalue weighted by Crippen LogP contribution is 2.27. The molecule has 3 nitrogen and oxygen atoms in total. The van der Waals surface area contributed by atoms with Crippen molar-refractivity contribution < 1.29 is 0 Å². The summed E-state index contributed by atoms with van der Waals surface area (Å²) in [6, 6.07) is 1.08. The van der Waals surface area contributed by atoms with Crippen molar-refractivity contribution in [2.45, 2.75) is 38.3 Å². The fourth-order valence-corrected chi connectivity index (χ4v) is 2.95. The smallest absolute Gasteiger partial charge is 0.0250 e. The van der Waals surface area contributed by atoms with Crippen molar-refractivity contribution in [2.75, 3.05) is 33.2 Å². The second kappa shape index (κ2) is 4.81. The minimum atomic E-state index is 0.421. The molecule has 88 valence electrons. The van der Waals surface area contributed by atoms with Crippen LogP contribution in [0.3, 0.4) is 0 Å². The number of hydrogen-bond donors (Lipinski definition) is 1. The minimum absolute atomic E-state index is 0.421. The summed E-state index contributed by atoms with van der Waals surface area (Å²) in [4.78, 5) is 5.04. The molecule has 1 heterocycles. The molecule has 0 aromatic carbocycles. The quantitative estimate of drug-likeness (QED) is 0.695. The third kappa shape index (κ3) is 2.71. The zero-order valence-corrected chi connectivity index (χ0v) is 10.2. The highest BCUT2D eigenvalue weighted by atomic mass is 15.3. The Balaban J connectivity index is 1.90. The van der Waals surface area contributed by atoms with E-state index in [2.05, 4.69) is 23.8 Å². The van der Waals surface area contributed by atoms with Crippen molar-refractivity contribution in [1.29, 1.82) is 0 Å². The van der Waals surface area contributed by atoms with Gasteiger partial charge in [0, 0.05) is 38.3 Å². The molecular formula is C12H25N3. The minimum Gasteiger partial charge on any atom is -0.326 e. The van der Waals surface area contributed by atoms with Crippen molar-refractivity contribution >= 4 is 0 Å². The molecule has 3 heteroatoms. The predicted octanol–water partition coefficient (Wildman–Crippen LogP) is 0.750. The fourth-order valence-electron chi connectivity index (χ4n) is 2.95. The Labute approximate surface area is 93.6 Å². The number of likely N-dealkylation sites (N-methyl/N-ethyl adjacent to an activating group) is 1. The van der Waals surface area contributed by atoms with Gasteiger partial charge in [-0.2, -0.15) is 0 Å². The van der Waals surface area contributed by atoms with Gasteiger partial charge in [0.25, 0.3) is 0 Å². The highest BCUT2D eigenvalue weighted by molar-refractivity contribution is 4.89. The molecule has 1 aliphatic heterocycles. The molecule has 2 aliphatic rings. The van der Waals surface area contributed by atoms with E-state index >= 15 is 0 Å². The topological polar surface area (TPSA) is 32.5 Å². The first-order chi connectivity index (χ1) is 7.16. The van der Waals surface area contributed by atoms with E-state index < -0.39 is 0 Å². The van der Waals surface area contributed by atoms with Crippen LogP contribution in [0.5, 0.6) is 0 Å². The first-order valence-electron chi connectivity index (χ1n) is 6.35. The van der Waals surface area contributed by atoms with Gasteiger partial charge in [-0.15, -0.1) is 0 Å². The molecule has 2 N–H and O–H groups in total. The molecule has 15 heavy (non-hydrogen) atoms. The second-order valence-corrected chi connectivity index (χ2v) is 5.49. The van der Waals surface area contributed by atoms with E-state index in [1.165, 1.54) is 45.4 Å². The van der Waals surface area contributed by atoms with Crippen molar-refractivity contribution in [3.8, 4) is 0 Å². The van der Waals surface area contributed by atoms with Crippen LogP contribution in [-0.4, -0.2) is 55.1 Å². The van der Waals surface area contributed by atoms with Crippen LogP contribution in [0.2, 0.25) is 0 Å². The zero-order chi connectivity index (χ0) is 10.8. The summed E-state index contributed by atoms with van der Waals surface area (Å²) in [5.41, 5.74) is 6.25. The molecule has 2 fully saturated rings. The molecule has 1 saturated heterocycles. The van der Waals surface area contributed by atoms with Crippen LogP contribution >= 0.6 is 0 Å². The average molecular weight is 211 g/mol. The maximum Gasteiger partial charge on any atom is 0.0250 e. The summed E-state index contributed by atoms with van der Waals surface area (Å²) >= 11 is 0. The van der Waals surface area contributed by atoms with Gasteiger partial charge in [-0.05, 0) is 32.2 Å². The summed E-state index contributed by atoms with van der Waals surface area (Å²) in [6.45, 7) is 7.20. The van der Waals surface area contributed by atoms with Gasteiger partial charge in [-0.25, -0.2) is 0 Å². The fraction of sp³-hybridized carbons (Fsp3) is 1.00. The van der Waals surface area contributed by atoms with E-state index in [1.807, 2.05) is 0 Å². The summed E-state index contributed by atoms with van der Waals surface area (Å²) < 4.78 is 0. The molecule has 0 spiro atoms. The Hall–Kier alpha value is -0.120. The average Bonchev–Trinajstić information content (AvgIpc) is 2.23. The van der Waals surface area contributed by atoms with Crippen molar-refractivity contribution in [1.82, 2.24) is 9.80 Å². The Morgan fingerprint density at radius 3 is 2.40 bits per heavy atom. The van der Waals surface area contributed by atoms with E-state index in [9.17, 15) is 0 Å². The maximum atomic E-state index is 6.25. The van der Waals surface area contributed by atoms with Crippen molar-refractivity contribution in [3.05, 3.63) is 0 Å². The predicted molar refractivity (Wildman–Crippen MR) is 63.8 cm³/mol. The molecule has 0 amide bonds. The van der Waals surface area contributed by atoms with Crippen LogP contribution in [0.1, 0.15) is 26.2 Å². The van der Waals surface area contributed by atoms with Crippen LogP contribution < -0.4 is 5.73 Å². The lowest BCUT2D eigenvalue weighted by molar-refractivity contribution is 0.0680. The lowest BCUT2D eigenvalue weighted by atomic mass is 9.83. The van der Waals surface area contributed by atoms with Gasteiger partial charge in [0.1, 0.15) is 0 Å². The molecule has 0 bridgehead atoms. The zero-order valence-electron chi connectivity index (χ0n) is 10.2. The Morgan fingerprint density at radius 2 is 1.73 bits per heavy atom. The first kappa shape index (κ1) is 11.4. The van der Waals surface area contributed by atoms with Crippen LogP contribution in [-0.2, 0) is 0 Å². The monoisotopic (exact) mass is 211 g/mol. The summed E-state index contributed by atoms with van der Waals surface area (Å²) in [5.74, 6) is 0.870. The second-order valence-electron chi connectivity index (χ2n) is 5.49. The Morgan fingerprint density at radius 1 is 1.07 bits per heavy atom. The number of nitrogens with two attached hydrogens (primary N) is 1. The molecule has 0 aromatic heterocycles. The number of hydrogen-bond acceptors (Lipinski definition) is 3. The highest BCUT2D eigenvalue weighted by Gasteiger charge is 2.31. The number of rotatable bonds is 1. The van der Waals surface area contributed by atoms with Crippen molar-refractivity contribution in [3.63, 3.8) is 0 Å². The van der Waals surface area contributed by atoms with Gasteiger partial charge >= 0.3 is 0 Å². The van der Waals surface area contributed by atoms with Gasteiger partial charge in [-0.1, -0.05) is 6.92 Å². The van der Waals surface area contributed by atoms with E-state index in [0.717, 1.165) is 5.92 Å². The molecule has 1 aliphatic carbocycles. The van der Waals surface area contributed by atoms with Gasteiger partial charge in [0.05, 0.1) is 0 Å².